The Kier molecular flexibility index (Phi) is 6.57. The highest BCUT2D eigenvalue weighted by Crippen LogP contribution is 2.28. The van der Waals surface area contributed by atoms with E-state index < -0.39 is 16.1 Å². The molecule has 4 rings (SSSR count). The van der Waals surface area contributed by atoms with Gasteiger partial charge in [0.25, 0.3) is 0 Å². The Morgan fingerprint density at radius 3 is 2.66 bits per heavy atom. The van der Waals surface area contributed by atoms with Crippen LogP contribution in [0.4, 0.5) is 5.69 Å². The summed E-state index contributed by atoms with van der Waals surface area (Å²) in [5, 5.41) is 16.2. The minimum Gasteiger partial charge on any atom is -0.492 e. The van der Waals surface area contributed by atoms with Gasteiger partial charge in [0.2, 0.25) is 10.0 Å². The summed E-state index contributed by atoms with van der Waals surface area (Å²) in [4.78, 5) is 3.39. The van der Waals surface area contributed by atoms with Crippen molar-refractivity contribution in [1.29, 1.82) is 0 Å². The smallest absolute Gasteiger partial charge is 0.229 e. The van der Waals surface area contributed by atoms with Crippen LogP contribution in [0.1, 0.15) is 11.7 Å². The maximum absolute atomic E-state index is 11.5. The molecule has 0 unspecified atom stereocenters. The third-order valence-corrected chi connectivity index (χ3v) is 5.95. The highest BCUT2D eigenvalue weighted by molar-refractivity contribution is 7.92. The van der Waals surface area contributed by atoms with Crippen LogP contribution in [0, 0.1) is 0 Å². The Morgan fingerprint density at radius 1 is 1.06 bits per heavy atom. The maximum atomic E-state index is 11.5. The molecule has 4 N–H and O–H groups in total. The molecule has 0 saturated heterocycles. The Hall–Kier alpha value is -2.78. The van der Waals surface area contributed by atoms with Crippen molar-refractivity contribution in [2.45, 2.75) is 6.10 Å². The molecular weight excluding hydrogens is 450 g/mol. The number of hydrogen-bond donors (Lipinski definition) is 4. The number of anilines is 1. The first-order chi connectivity index (χ1) is 15.3. The molecule has 0 aliphatic rings. The van der Waals surface area contributed by atoms with E-state index in [1.807, 2.05) is 36.4 Å². The van der Waals surface area contributed by atoms with E-state index in [9.17, 15) is 13.5 Å². The molecule has 0 bridgehead atoms. The Labute approximate surface area is 191 Å². The van der Waals surface area contributed by atoms with E-state index in [2.05, 4.69) is 21.1 Å². The summed E-state index contributed by atoms with van der Waals surface area (Å²) < 4.78 is 31.1. The lowest BCUT2D eigenvalue weighted by atomic mass is 10.1. The molecule has 32 heavy (non-hydrogen) atoms. The minimum absolute atomic E-state index is 0.237. The first-order valence-corrected chi connectivity index (χ1v) is 12.4. The molecule has 0 fully saturated rings. The standard InChI is InChI=1S/C23H24ClN3O4S/c1-32(29,30)27-22-12-15(6-9-19(22)24)23(28)14-25-10-11-31-16-7-8-18-17-4-2-3-5-20(17)26-21(18)13-16/h2-9,12-13,23,25-28H,10-11,14H2,1H3/t23-/m0/s1. The number of H-pyrrole nitrogens is 1. The third kappa shape index (κ3) is 5.34. The van der Waals surface area contributed by atoms with Crippen molar-refractivity contribution < 1.29 is 18.3 Å². The average Bonchev–Trinajstić information content (AvgIpc) is 3.11. The van der Waals surface area contributed by atoms with Crippen LogP contribution in [0.2, 0.25) is 5.02 Å². The molecule has 7 nitrogen and oxygen atoms in total. The van der Waals surface area contributed by atoms with E-state index in [-0.39, 0.29) is 17.3 Å². The maximum Gasteiger partial charge on any atom is 0.229 e. The molecule has 4 aromatic rings. The molecule has 168 valence electrons. The van der Waals surface area contributed by atoms with Gasteiger partial charge in [-0.3, -0.25) is 4.72 Å². The van der Waals surface area contributed by atoms with Crippen LogP contribution in [-0.2, 0) is 10.0 Å². The summed E-state index contributed by atoms with van der Waals surface area (Å²) in [7, 11) is -3.46. The van der Waals surface area contributed by atoms with Crippen LogP contribution in [-0.4, -0.2) is 44.5 Å². The van der Waals surface area contributed by atoms with Crippen LogP contribution in [0.3, 0.4) is 0 Å². The van der Waals surface area contributed by atoms with Gasteiger partial charge in [0, 0.05) is 35.4 Å². The number of halogens is 1. The zero-order chi connectivity index (χ0) is 22.7. The lowest BCUT2D eigenvalue weighted by Crippen LogP contribution is -2.26. The zero-order valence-electron chi connectivity index (χ0n) is 17.4. The summed E-state index contributed by atoms with van der Waals surface area (Å²) in [6, 6.07) is 18.9. The lowest BCUT2D eigenvalue weighted by Gasteiger charge is -2.15. The van der Waals surface area contributed by atoms with Crippen molar-refractivity contribution in [3.8, 4) is 5.75 Å². The predicted octanol–water partition coefficient (Wildman–Crippen LogP) is 4.05. The highest BCUT2D eigenvalue weighted by Gasteiger charge is 2.12. The van der Waals surface area contributed by atoms with Crippen molar-refractivity contribution in [3.05, 3.63) is 71.2 Å². The van der Waals surface area contributed by atoms with Gasteiger partial charge in [-0.05, 0) is 35.9 Å². The van der Waals surface area contributed by atoms with Crippen LogP contribution < -0.4 is 14.8 Å². The summed E-state index contributed by atoms with van der Waals surface area (Å²) in [5.41, 5.74) is 2.90. The number of para-hydroxylation sites is 1. The Bertz CT molecular complexity index is 1350. The van der Waals surface area contributed by atoms with Gasteiger partial charge in [0.05, 0.1) is 28.6 Å². The largest absolute Gasteiger partial charge is 0.492 e. The first kappa shape index (κ1) is 22.4. The lowest BCUT2D eigenvalue weighted by molar-refractivity contribution is 0.172. The second-order valence-corrected chi connectivity index (χ2v) is 9.72. The molecule has 0 saturated carbocycles. The van der Waals surface area contributed by atoms with Gasteiger partial charge in [-0.1, -0.05) is 35.9 Å². The molecule has 9 heteroatoms. The van der Waals surface area contributed by atoms with Crippen molar-refractivity contribution in [2.75, 3.05) is 30.7 Å². The summed E-state index contributed by atoms with van der Waals surface area (Å²) in [6.07, 6.45) is 0.222. The number of hydrogen-bond acceptors (Lipinski definition) is 5. The van der Waals surface area contributed by atoms with Crippen LogP contribution in [0.25, 0.3) is 21.8 Å². The molecule has 3 aromatic carbocycles. The van der Waals surface area contributed by atoms with E-state index in [0.29, 0.717) is 18.7 Å². The first-order valence-electron chi connectivity index (χ1n) is 10.1. The number of aromatic nitrogens is 1. The SMILES string of the molecule is CS(=O)(=O)Nc1cc([C@@H](O)CNCCOc2ccc3c(c2)[nH]c2ccccc23)ccc1Cl. The Morgan fingerprint density at radius 2 is 1.84 bits per heavy atom. The second kappa shape index (κ2) is 9.38. The second-order valence-electron chi connectivity index (χ2n) is 7.56. The number of ether oxygens (including phenoxy) is 1. The fraction of sp³-hybridized carbons (Fsp3) is 0.217. The number of benzene rings is 3. The highest BCUT2D eigenvalue weighted by atomic mass is 35.5. The number of aliphatic hydroxyl groups is 1. The normalized spacial score (nSPS) is 12.8. The molecule has 1 heterocycles. The fourth-order valence-corrected chi connectivity index (χ4v) is 4.34. The number of nitrogens with one attached hydrogen (secondary N) is 3. The molecule has 1 aromatic heterocycles. The van der Waals surface area contributed by atoms with Gasteiger partial charge < -0.3 is 20.1 Å². The van der Waals surface area contributed by atoms with Gasteiger partial charge >= 0.3 is 0 Å². The number of fused-ring (bicyclic) bond motifs is 3. The third-order valence-electron chi connectivity index (χ3n) is 5.03. The average molecular weight is 474 g/mol. The van der Waals surface area contributed by atoms with E-state index in [0.717, 1.165) is 28.4 Å². The summed E-state index contributed by atoms with van der Waals surface area (Å²) in [6.45, 7) is 1.24. The zero-order valence-corrected chi connectivity index (χ0v) is 19.0. The van der Waals surface area contributed by atoms with E-state index in [1.165, 1.54) is 11.5 Å². The number of aliphatic hydroxyl groups excluding tert-OH is 1. The number of aromatic amines is 1. The summed E-state index contributed by atoms with van der Waals surface area (Å²) >= 11 is 6.03. The molecule has 0 amide bonds. The molecule has 0 aliphatic carbocycles. The predicted molar refractivity (Wildman–Crippen MR) is 129 cm³/mol. The van der Waals surface area contributed by atoms with E-state index >= 15 is 0 Å². The van der Waals surface area contributed by atoms with Gasteiger partial charge in [0.15, 0.2) is 0 Å². The van der Waals surface area contributed by atoms with Crippen molar-refractivity contribution in [2.24, 2.45) is 0 Å². The van der Waals surface area contributed by atoms with Crippen molar-refractivity contribution in [1.82, 2.24) is 10.3 Å². The summed E-state index contributed by atoms with van der Waals surface area (Å²) in [5.74, 6) is 0.764. The quantitative estimate of drug-likeness (QED) is 0.275. The van der Waals surface area contributed by atoms with Gasteiger partial charge in [-0.15, -0.1) is 0 Å². The Balaban J connectivity index is 1.29. The van der Waals surface area contributed by atoms with E-state index in [1.54, 1.807) is 12.1 Å². The van der Waals surface area contributed by atoms with Crippen molar-refractivity contribution in [3.63, 3.8) is 0 Å². The number of sulfonamides is 1. The molecule has 1 atom stereocenters. The molecule has 0 aliphatic heterocycles. The fourth-order valence-electron chi connectivity index (χ4n) is 3.55. The van der Waals surface area contributed by atoms with Crippen LogP contribution in [0.5, 0.6) is 5.75 Å². The van der Waals surface area contributed by atoms with Crippen LogP contribution >= 0.6 is 11.6 Å². The van der Waals surface area contributed by atoms with E-state index in [4.69, 9.17) is 16.3 Å². The molecular formula is C23H24ClN3O4S. The minimum atomic E-state index is -3.46. The number of rotatable bonds is 9. The van der Waals surface area contributed by atoms with Gasteiger partial charge in [0.1, 0.15) is 12.4 Å². The monoisotopic (exact) mass is 473 g/mol. The topological polar surface area (TPSA) is 103 Å². The van der Waals surface area contributed by atoms with Crippen molar-refractivity contribution >= 4 is 49.1 Å². The molecule has 0 radical (unpaired) electrons. The van der Waals surface area contributed by atoms with Crippen LogP contribution in [0.15, 0.2) is 60.7 Å². The van der Waals surface area contributed by atoms with Gasteiger partial charge in [-0.25, -0.2) is 8.42 Å². The molecule has 0 spiro atoms. The van der Waals surface area contributed by atoms with Gasteiger partial charge in [-0.2, -0.15) is 0 Å².